The molecule has 1 saturated heterocycles. The van der Waals surface area contributed by atoms with Gasteiger partial charge in [-0.3, -0.25) is 4.79 Å². The summed E-state index contributed by atoms with van der Waals surface area (Å²) >= 11 is 3.45. The Kier molecular flexibility index (Phi) is 8.44. The van der Waals surface area contributed by atoms with Crippen LogP contribution in [0.4, 0.5) is 5.69 Å². The van der Waals surface area contributed by atoms with Crippen molar-refractivity contribution in [3.63, 3.8) is 0 Å². The first-order chi connectivity index (χ1) is 18.5. The van der Waals surface area contributed by atoms with Crippen molar-refractivity contribution in [3.8, 4) is 17.0 Å². The van der Waals surface area contributed by atoms with Crippen LogP contribution in [0.1, 0.15) is 42.1 Å². The number of aromatic nitrogens is 3. The Labute approximate surface area is 231 Å². The molecule has 3 N–H and O–H groups in total. The van der Waals surface area contributed by atoms with Crippen LogP contribution < -0.4 is 10.6 Å². The lowest BCUT2D eigenvalue weighted by Gasteiger charge is -2.22. The van der Waals surface area contributed by atoms with E-state index in [0.29, 0.717) is 18.0 Å². The molecule has 0 spiro atoms. The molecule has 0 aliphatic carbocycles. The number of hydrogen-bond acceptors (Lipinski definition) is 7. The Morgan fingerprint density at radius 1 is 1.18 bits per heavy atom. The molecule has 0 bridgehead atoms. The van der Waals surface area contributed by atoms with Crippen molar-refractivity contribution >= 4 is 40.8 Å². The van der Waals surface area contributed by atoms with Crippen LogP contribution >= 0.6 is 23.5 Å². The van der Waals surface area contributed by atoms with Gasteiger partial charge in [-0.25, -0.2) is 9.50 Å². The normalized spacial score (nSPS) is 14.1. The number of carbonyl (C=O) groups is 1. The zero-order chi connectivity index (χ0) is 26.5. The van der Waals surface area contributed by atoms with Crippen LogP contribution in [0, 0.1) is 12.8 Å². The van der Waals surface area contributed by atoms with E-state index in [4.69, 9.17) is 10.1 Å². The van der Waals surface area contributed by atoms with Gasteiger partial charge in [-0.1, -0.05) is 36.9 Å². The van der Waals surface area contributed by atoms with Crippen molar-refractivity contribution in [1.29, 1.82) is 0 Å². The van der Waals surface area contributed by atoms with E-state index in [-0.39, 0.29) is 11.7 Å². The molecule has 1 aliphatic rings. The first-order valence-electron chi connectivity index (χ1n) is 13.1. The molecule has 38 heavy (non-hydrogen) atoms. The SMILES string of the molecule is CCCNC(=O)c1ccc(-c2cnc3c(NCC4CCSCC4)cc(Sc4ccccc4O)nn23)cc1C. The number of nitrogens with one attached hydrogen (secondary N) is 2. The number of rotatable bonds is 9. The number of imidazole rings is 1. The van der Waals surface area contributed by atoms with E-state index in [1.165, 1.54) is 36.1 Å². The van der Waals surface area contributed by atoms with E-state index >= 15 is 0 Å². The lowest BCUT2D eigenvalue weighted by atomic mass is 10.0. The highest BCUT2D eigenvalue weighted by Gasteiger charge is 2.18. The smallest absolute Gasteiger partial charge is 0.251 e. The van der Waals surface area contributed by atoms with E-state index in [9.17, 15) is 9.90 Å². The maximum absolute atomic E-state index is 12.6. The maximum Gasteiger partial charge on any atom is 0.251 e. The van der Waals surface area contributed by atoms with E-state index < -0.39 is 0 Å². The molecule has 7 nitrogen and oxygen atoms in total. The Bertz CT molecular complexity index is 1430. The molecular formula is C29H33N5O2S2. The summed E-state index contributed by atoms with van der Waals surface area (Å²) in [5.74, 6) is 3.24. The number of phenols is 1. The molecule has 0 saturated carbocycles. The number of nitrogens with zero attached hydrogens (tertiary/aromatic N) is 3. The summed E-state index contributed by atoms with van der Waals surface area (Å²) in [6.07, 6.45) is 5.17. The van der Waals surface area contributed by atoms with Gasteiger partial charge in [0.25, 0.3) is 5.91 Å². The number of aryl methyl sites for hydroxylation is 1. The van der Waals surface area contributed by atoms with Crippen molar-refractivity contribution in [3.05, 3.63) is 65.9 Å². The Hall–Kier alpha value is -3.17. The molecule has 3 heterocycles. The molecule has 5 rings (SSSR count). The van der Waals surface area contributed by atoms with Gasteiger partial charge in [0.05, 0.1) is 22.5 Å². The van der Waals surface area contributed by atoms with Gasteiger partial charge < -0.3 is 15.7 Å². The Balaban J connectivity index is 1.51. The number of benzene rings is 2. The second kappa shape index (κ2) is 12.1. The maximum atomic E-state index is 12.6. The zero-order valence-electron chi connectivity index (χ0n) is 21.7. The van der Waals surface area contributed by atoms with Crippen LogP contribution in [0.2, 0.25) is 0 Å². The van der Waals surface area contributed by atoms with E-state index in [2.05, 4.69) is 10.6 Å². The molecule has 4 aromatic rings. The molecule has 0 atom stereocenters. The fourth-order valence-corrected chi connectivity index (χ4v) is 6.64. The van der Waals surface area contributed by atoms with Crippen molar-refractivity contribution in [2.75, 3.05) is 29.9 Å². The minimum Gasteiger partial charge on any atom is -0.507 e. The van der Waals surface area contributed by atoms with Gasteiger partial charge >= 0.3 is 0 Å². The van der Waals surface area contributed by atoms with Gasteiger partial charge in [0, 0.05) is 24.2 Å². The summed E-state index contributed by atoms with van der Waals surface area (Å²) in [6, 6.07) is 15.2. The van der Waals surface area contributed by atoms with Crippen molar-refractivity contribution in [1.82, 2.24) is 19.9 Å². The zero-order valence-corrected chi connectivity index (χ0v) is 23.4. The third-order valence-electron chi connectivity index (χ3n) is 6.75. The Morgan fingerprint density at radius 2 is 2.00 bits per heavy atom. The standard InChI is InChI=1S/C29H33N5O2S2/c1-3-12-30-29(36)22-9-8-21(15-19(22)2)24-18-32-28-23(31-17-20-10-13-37-14-11-20)16-27(33-34(24)28)38-26-7-5-4-6-25(26)35/h4-9,15-16,18,20,31,35H,3,10-14,17H2,1-2H3,(H,30,36). The fraction of sp³-hybridized carbons (Fsp3) is 0.345. The molecule has 1 aliphatic heterocycles. The highest BCUT2D eigenvalue weighted by atomic mass is 32.2. The number of hydrogen-bond donors (Lipinski definition) is 3. The summed E-state index contributed by atoms with van der Waals surface area (Å²) in [5, 5.41) is 22.6. The third-order valence-corrected chi connectivity index (χ3v) is 8.77. The number of amides is 1. The van der Waals surface area contributed by atoms with E-state index in [1.807, 2.05) is 78.8 Å². The van der Waals surface area contributed by atoms with Gasteiger partial charge in [0.15, 0.2) is 5.65 Å². The average molecular weight is 548 g/mol. The average Bonchev–Trinajstić information content (AvgIpc) is 3.36. The highest BCUT2D eigenvalue weighted by molar-refractivity contribution is 7.99. The molecule has 9 heteroatoms. The van der Waals surface area contributed by atoms with Gasteiger partial charge in [-0.05, 0) is 79.5 Å². The van der Waals surface area contributed by atoms with Gasteiger partial charge in [0.1, 0.15) is 10.8 Å². The number of anilines is 1. The number of phenolic OH excluding ortho intramolecular Hbond substituents is 1. The van der Waals surface area contributed by atoms with Gasteiger partial charge in [-0.15, -0.1) is 0 Å². The molecule has 0 radical (unpaired) electrons. The molecule has 2 aromatic heterocycles. The predicted molar refractivity (Wildman–Crippen MR) is 157 cm³/mol. The predicted octanol–water partition coefficient (Wildman–Crippen LogP) is 6.26. The van der Waals surface area contributed by atoms with Crippen LogP contribution in [0.5, 0.6) is 5.75 Å². The fourth-order valence-electron chi connectivity index (χ4n) is 4.60. The monoisotopic (exact) mass is 547 g/mol. The quantitative estimate of drug-likeness (QED) is 0.228. The van der Waals surface area contributed by atoms with Crippen LogP contribution in [0.25, 0.3) is 16.9 Å². The summed E-state index contributed by atoms with van der Waals surface area (Å²) in [5.41, 5.74) is 5.05. The van der Waals surface area contributed by atoms with Gasteiger partial charge in [-0.2, -0.15) is 16.9 Å². The van der Waals surface area contributed by atoms with Crippen LogP contribution in [-0.2, 0) is 0 Å². The summed E-state index contributed by atoms with van der Waals surface area (Å²) in [7, 11) is 0. The van der Waals surface area contributed by atoms with Crippen LogP contribution in [-0.4, -0.2) is 50.2 Å². The summed E-state index contributed by atoms with van der Waals surface area (Å²) in [6.45, 7) is 5.54. The lowest BCUT2D eigenvalue weighted by Crippen LogP contribution is -2.24. The van der Waals surface area contributed by atoms with Gasteiger partial charge in [0.2, 0.25) is 0 Å². The minimum absolute atomic E-state index is 0.0545. The van der Waals surface area contributed by atoms with Crippen LogP contribution in [0.15, 0.2) is 64.6 Å². The number of thioether (sulfide) groups is 1. The number of carbonyl (C=O) groups excluding carboxylic acids is 1. The molecular weight excluding hydrogens is 514 g/mol. The van der Waals surface area contributed by atoms with Crippen LogP contribution in [0.3, 0.4) is 0 Å². The topological polar surface area (TPSA) is 91.5 Å². The first-order valence-corrected chi connectivity index (χ1v) is 15.1. The minimum atomic E-state index is -0.0545. The number of aromatic hydroxyl groups is 1. The summed E-state index contributed by atoms with van der Waals surface area (Å²) in [4.78, 5) is 18.0. The number of fused-ring (bicyclic) bond motifs is 1. The lowest BCUT2D eigenvalue weighted by molar-refractivity contribution is 0.0953. The second-order valence-corrected chi connectivity index (χ2v) is 11.9. The second-order valence-electron chi connectivity index (χ2n) is 9.57. The van der Waals surface area contributed by atoms with Crippen molar-refractivity contribution < 1.29 is 9.90 Å². The molecule has 2 aromatic carbocycles. The van der Waals surface area contributed by atoms with Crippen molar-refractivity contribution in [2.24, 2.45) is 5.92 Å². The number of para-hydroxylation sites is 1. The Morgan fingerprint density at radius 3 is 2.76 bits per heavy atom. The molecule has 1 amide bonds. The van der Waals surface area contributed by atoms with Crippen molar-refractivity contribution in [2.45, 2.75) is 43.0 Å². The molecule has 198 valence electrons. The largest absolute Gasteiger partial charge is 0.507 e. The summed E-state index contributed by atoms with van der Waals surface area (Å²) < 4.78 is 1.87. The third kappa shape index (κ3) is 5.94. The molecule has 1 fully saturated rings. The van der Waals surface area contributed by atoms with E-state index in [1.54, 1.807) is 6.07 Å². The molecule has 0 unspecified atom stereocenters. The van der Waals surface area contributed by atoms with E-state index in [0.717, 1.165) is 51.0 Å². The first kappa shape index (κ1) is 26.4. The highest BCUT2D eigenvalue weighted by Crippen LogP contribution is 2.36.